The van der Waals surface area contributed by atoms with Crippen LogP contribution in [-0.4, -0.2) is 40.2 Å². The number of para-hydroxylation sites is 1. The first kappa shape index (κ1) is 20.3. The number of primary amides is 1. The van der Waals surface area contributed by atoms with Gasteiger partial charge in [0.15, 0.2) is 17.5 Å². The third-order valence-electron chi connectivity index (χ3n) is 4.95. The van der Waals surface area contributed by atoms with Gasteiger partial charge >= 0.3 is 0 Å². The van der Waals surface area contributed by atoms with Gasteiger partial charge in [0.2, 0.25) is 0 Å². The molecule has 31 heavy (non-hydrogen) atoms. The molecule has 0 bridgehead atoms. The zero-order valence-electron chi connectivity index (χ0n) is 17.4. The summed E-state index contributed by atoms with van der Waals surface area (Å²) in [5.41, 5.74) is 8.86. The molecule has 0 saturated carbocycles. The Morgan fingerprint density at radius 1 is 1.19 bits per heavy atom. The summed E-state index contributed by atoms with van der Waals surface area (Å²) in [5, 5.41) is 12.7. The number of aryl methyl sites for hydroxylation is 1. The number of aromatic amines is 1. The molecule has 0 fully saturated rings. The van der Waals surface area contributed by atoms with E-state index in [1.165, 1.54) is 12.1 Å². The molecular weight excluding hydrogens is 397 g/mol. The Morgan fingerprint density at radius 3 is 2.68 bits per heavy atom. The van der Waals surface area contributed by atoms with Crippen LogP contribution in [0, 0.1) is 12.7 Å². The van der Waals surface area contributed by atoms with E-state index in [-0.39, 0.29) is 5.82 Å². The standard InChI is InChI=1S/C22H22FN7O/c1-12-17(15-8-5-9-16(19(24)31)18(15)26-12)20-27-21(22(29-28-20)30(2)3)25-11-13-6-4-7-14(23)10-13/h4-10,26H,11H2,1-3H3,(H2,24,31)(H,25,27,28). The lowest BCUT2D eigenvalue weighted by molar-refractivity contribution is 0.100. The quantitative estimate of drug-likeness (QED) is 0.442. The van der Waals surface area contributed by atoms with E-state index in [4.69, 9.17) is 10.7 Å². The third-order valence-corrected chi connectivity index (χ3v) is 4.95. The number of benzene rings is 2. The second-order valence-electron chi connectivity index (χ2n) is 7.40. The van der Waals surface area contributed by atoms with E-state index in [0.29, 0.717) is 35.1 Å². The summed E-state index contributed by atoms with van der Waals surface area (Å²) in [5.74, 6) is 0.651. The smallest absolute Gasteiger partial charge is 0.250 e. The van der Waals surface area contributed by atoms with Crippen LogP contribution in [0.5, 0.6) is 0 Å². The first-order valence-corrected chi connectivity index (χ1v) is 9.67. The van der Waals surface area contributed by atoms with Crippen molar-refractivity contribution in [3.05, 3.63) is 65.1 Å². The molecule has 158 valence electrons. The number of amides is 1. The van der Waals surface area contributed by atoms with E-state index in [2.05, 4.69) is 20.5 Å². The number of aromatic nitrogens is 4. The number of anilines is 2. The maximum absolute atomic E-state index is 13.5. The Hall–Kier alpha value is -4.01. The van der Waals surface area contributed by atoms with Crippen LogP contribution in [0.25, 0.3) is 22.3 Å². The second kappa shape index (κ2) is 8.02. The SMILES string of the molecule is Cc1[nH]c2c(C(N)=O)cccc2c1-c1nnc(N(C)C)c(NCc2cccc(F)c2)n1. The molecule has 0 aliphatic heterocycles. The summed E-state index contributed by atoms with van der Waals surface area (Å²) >= 11 is 0. The average Bonchev–Trinajstić information content (AvgIpc) is 3.07. The molecular formula is C22H22FN7O. The van der Waals surface area contributed by atoms with E-state index in [1.807, 2.05) is 33.2 Å². The lowest BCUT2D eigenvalue weighted by atomic mass is 10.1. The lowest BCUT2D eigenvalue weighted by Crippen LogP contribution is -2.16. The minimum absolute atomic E-state index is 0.298. The highest BCUT2D eigenvalue weighted by molar-refractivity contribution is 6.09. The number of nitrogens with one attached hydrogen (secondary N) is 2. The van der Waals surface area contributed by atoms with Gasteiger partial charge in [-0.05, 0) is 30.7 Å². The number of H-pyrrole nitrogens is 1. The van der Waals surface area contributed by atoms with Crippen molar-refractivity contribution in [2.75, 3.05) is 24.3 Å². The normalized spacial score (nSPS) is 11.0. The molecule has 4 rings (SSSR count). The molecule has 0 unspecified atom stereocenters. The molecule has 0 atom stereocenters. The van der Waals surface area contributed by atoms with Gasteiger partial charge in [0.25, 0.3) is 5.91 Å². The van der Waals surface area contributed by atoms with Crippen molar-refractivity contribution in [1.29, 1.82) is 0 Å². The number of nitrogens with two attached hydrogens (primary N) is 1. The highest BCUT2D eigenvalue weighted by Gasteiger charge is 2.20. The van der Waals surface area contributed by atoms with Crippen LogP contribution in [-0.2, 0) is 6.54 Å². The summed E-state index contributed by atoms with van der Waals surface area (Å²) in [6.45, 7) is 2.25. The molecule has 9 heteroatoms. The highest BCUT2D eigenvalue weighted by atomic mass is 19.1. The number of hydrogen-bond acceptors (Lipinski definition) is 6. The highest BCUT2D eigenvalue weighted by Crippen LogP contribution is 2.33. The van der Waals surface area contributed by atoms with E-state index in [9.17, 15) is 9.18 Å². The molecule has 4 aromatic rings. The number of carbonyl (C=O) groups excluding carboxylic acids is 1. The van der Waals surface area contributed by atoms with E-state index in [1.54, 1.807) is 23.1 Å². The first-order chi connectivity index (χ1) is 14.8. The molecule has 2 aromatic heterocycles. The van der Waals surface area contributed by atoms with Crippen molar-refractivity contribution in [2.45, 2.75) is 13.5 Å². The summed E-state index contributed by atoms with van der Waals surface area (Å²) in [6, 6.07) is 11.7. The molecule has 8 nitrogen and oxygen atoms in total. The molecule has 2 aromatic carbocycles. The van der Waals surface area contributed by atoms with E-state index >= 15 is 0 Å². The second-order valence-corrected chi connectivity index (χ2v) is 7.40. The van der Waals surface area contributed by atoms with Gasteiger partial charge in [-0.25, -0.2) is 9.37 Å². The fraction of sp³-hybridized carbons (Fsp3) is 0.182. The predicted octanol–water partition coefficient (Wildman–Crippen LogP) is 3.24. The minimum atomic E-state index is -0.516. The molecule has 0 aliphatic carbocycles. The average molecular weight is 419 g/mol. The zero-order valence-corrected chi connectivity index (χ0v) is 17.4. The third kappa shape index (κ3) is 3.89. The van der Waals surface area contributed by atoms with Gasteiger partial charge in [0, 0.05) is 37.3 Å². The summed E-state index contributed by atoms with van der Waals surface area (Å²) in [4.78, 5) is 21.5. The van der Waals surface area contributed by atoms with Crippen LogP contribution in [0.1, 0.15) is 21.6 Å². The van der Waals surface area contributed by atoms with Crippen molar-refractivity contribution < 1.29 is 9.18 Å². The monoisotopic (exact) mass is 419 g/mol. The molecule has 4 N–H and O–H groups in total. The van der Waals surface area contributed by atoms with Crippen LogP contribution in [0.3, 0.4) is 0 Å². The van der Waals surface area contributed by atoms with Crippen molar-refractivity contribution in [1.82, 2.24) is 20.2 Å². The van der Waals surface area contributed by atoms with Crippen LogP contribution in [0.2, 0.25) is 0 Å². The van der Waals surface area contributed by atoms with Crippen molar-refractivity contribution in [3.63, 3.8) is 0 Å². The molecule has 2 heterocycles. The van der Waals surface area contributed by atoms with Crippen molar-refractivity contribution in [2.24, 2.45) is 5.73 Å². The predicted molar refractivity (Wildman–Crippen MR) is 118 cm³/mol. The molecule has 1 amide bonds. The van der Waals surface area contributed by atoms with Gasteiger partial charge in [-0.2, -0.15) is 0 Å². The molecule has 0 saturated heterocycles. The van der Waals surface area contributed by atoms with Gasteiger partial charge in [-0.1, -0.05) is 24.3 Å². The fourth-order valence-electron chi connectivity index (χ4n) is 3.52. The first-order valence-electron chi connectivity index (χ1n) is 9.67. The van der Waals surface area contributed by atoms with E-state index < -0.39 is 5.91 Å². The van der Waals surface area contributed by atoms with Gasteiger partial charge in [0.05, 0.1) is 11.1 Å². The maximum Gasteiger partial charge on any atom is 0.250 e. The largest absolute Gasteiger partial charge is 0.366 e. The summed E-state index contributed by atoms with van der Waals surface area (Å²) < 4.78 is 13.5. The Morgan fingerprint density at radius 2 is 1.97 bits per heavy atom. The maximum atomic E-state index is 13.5. The molecule has 0 radical (unpaired) electrons. The fourth-order valence-corrected chi connectivity index (χ4v) is 3.52. The Balaban J connectivity index is 1.78. The lowest BCUT2D eigenvalue weighted by Gasteiger charge is -2.16. The number of carbonyl (C=O) groups is 1. The van der Waals surface area contributed by atoms with Gasteiger partial charge in [-0.15, -0.1) is 10.2 Å². The zero-order chi connectivity index (χ0) is 22.1. The molecule has 0 spiro atoms. The van der Waals surface area contributed by atoms with Gasteiger partial charge in [0.1, 0.15) is 5.82 Å². The Bertz CT molecular complexity index is 1280. The van der Waals surface area contributed by atoms with E-state index in [0.717, 1.165) is 22.2 Å². The van der Waals surface area contributed by atoms with Crippen LogP contribution < -0.4 is 16.0 Å². The van der Waals surface area contributed by atoms with Gasteiger partial charge in [-0.3, -0.25) is 4.79 Å². The Kier molecular flexibility index (Phi) is 5.24. The number of rotatable bonds is 6. The summed E-state index contributed by atoms with van der Waals surface area (Å²) in [6.07, 6.45) is 0. The van der Waals surface area contributed by atoms with Gasteiger partial charge < -0.3 is 20.9 Å². The summed E-state index contributed by atoms with van der Waals surface area (Å²) in [7, 11) is 3.68. The van der Waals surface area contributed by atoms with Crippen molar-refractivity contribution in [3.8, 4) is 11.4 Å². The number of fused-ring (bicyclic) bond motifs is 1. The van der Waals surface area contributed by atoms with Crippen LogP contribution >= 0.6 is 0 Å². The van der Waals surface area contributed by atoms with Crippen molar-refractivity contribution >= 4 is 28.4 Å². The van der Waals surface area contributed by atoms with Crippen LogP contribution in [0.15, 0.2) is 42.5 Å². The topological polar surface area (TPSA) is 113 Å². The number of halogens is 1. The number of nitrogens with zero attached hydrogens (tertiary/aromatic N) is 4. The Labute approximate surface area is 178 Å². The number of hydrogen-bond donors (Lipinski definition) is 3. The minimum Gasteiger partial charge on any atom is -0.366 e. The molecule has 0 aliphatic rings. The van der Waals surface area contributed by atoms with Crippen LogP contribution in [0.4, 0.5) is 16.0 Å².